The molecule has 1 heterocycles. The lowest BCUT2D eigenvalue weighted by molar-refractivity contribution is -0.170. The van der Waals surface area contributed by atoms with E-state index < -0.39 is 5.54 Å². The zero-order chi connectivity index (χ0) is 17.6. The van der Waals surface area contributed by atoms with Gasteiger partial charge >= 0.3 is 0 Å². The Bertz CT molecular complexity index is 418. The molecule has 1 saturated carbocycles. The Morgan fingerprint density at radius 3 is 2.38 bits per heavy atom. The molecule has 0 aromatic carbocycles. The number of likely N-dealkylation sites (tertiary alicyclic amines) is 1. The molecular weight excluding hydrogens is 373 g/mol. The fourth-order valence-corrected chi connectivity index (χ4v) is 4.00. The number of amides is 1. The zero-order valence-electron chi connectivity index (χ0n) is 16.7. The number of ether oxygens (including phenoxy) is 1. The van der Waals surface area contributed by atoms with Gasteiger partial charge in [0.1, 0.15) is 5.54 Å². The van der Waals surface area contributed by atoms with Crippen LogP contribution < -0.4 is 11.1 Å². The Balaban J connectivity index is 0.00000312. The fourth-order valence-electron chi connectivity index (χ4n) is 4.00. The summed E-state index contributed by atoms with van der Waals surface area (Å²) in [6.07, 6.45) is 8.23. The largest absolute Gasteiger partial charge is 0.378 e. The molecule has 7 heteroatoms. The van der Waals surface area contributed by atoms with Crippen molar-refractivity contribution in [2.75, 3.05) is 32.8 Å². The van der Waals surface area contributed by atoms with E-state index in [1.54, 1.807) is 0 Å². The lowest BCUT2D eigenvalue weighted by Crippen LogP contribution is -2.75. The van der Waals surface area contributed by atoms with Crippen LogP contribution in [0, 0.1) is 5.41 Å². The maximum absolute atomic E-state index is 12.5. The molecule has 26 heavy (non-hydrogen) atoms. The Labute approximate surface area is 172 Å². The number of nitrogens with zero attached hydrogens (tertiary/aromatic N) is 1. The first-order valence-corrected chi connectivity index (χ1v) is 9.83. The van der Waals surface area contributed by atoms with Gasteiger partial charge in [0.2, 0.25) is 5.91 Å². The van der Waals surface area contributed by atoms with Gasteiger partial charge in [0.15, 0.2) is 0 Å². The van der Waals surface area contributed by atoms with E-state index in [2.05, 4.69) is 10.2 Å². The van der Waals surface area contributed by atoms with Crippen molar-refractivity contribution in [2.24, 2.45) is 11.1 Å². The minimum Gasteiger partial charge on any atom is -0.378 e. The summed E-state index contributed by atoms with van der Waals surface area (Å²) in [5.41, 5.74) is 5.29. The second-order valence-corrected chi connectivity index (χ2v) is 8.06. The number of carbonyl (C=O) groups excluding carboxylic acids is 1. The quantitative estimate of drug-likeness (QED) is 0.571. The van der Waals surface area contributed by atoms with Crippen LogP contribution in [0.3, 0.4) is 0 Å². The van der Waals surface area contributed by atoms with E-state index in [1.165, 1.54) is 51.7 Å². The van der Waals surface area contributed by atoms with Crippen molar-refractivity contribution in [1.82, 2.24) is 10.2 Å². The molecule has 156 valence electrons. The van der Waals surface area contributed by atoms with Crippen molar-refractivity contribution in [3.8, 4) is 0 Å². The maximum atomic E-state index is 12.5. The zero-order valence-corrected chi connectivity index (χ0v) is 18.4. The van der Waals surface area contributed by atoms with Gasteiger partial charge in [-0.25, -0.2) is 0 Å². The number of nitrogens with two attached hydrogens (primary N) is 1. The molecule has 2 fully saturated rings. The molecule has 2 aliphatic rings. The number of unbranched alkanes of at least 4 members (excludes halogenated alkanes) is 2. The van der Waals surface area contributed by atoms with Gasteiger partial charge in [0.05, 0.1) is 6.10 Å². The number of carbonyl (C=O) groups is 1. The standard InChI is InChI=1S/C19H37N3O2.2ClH/c1-4-24-16-15-19(20,18(16,2)3)17(23)21-11-7-5-8-12-22-13-9-6-10-14-22;;/h16H,4-15,20H2,1-3H3,(H,21,23);2*1H. The summed E-state index contributed by atoms with van der Waals surface area (Å²) in [6, 6.07) is 0. The number of halogens is 2. The van der Waals surface area contributed by atoms with Gasteiger partial charge in [0, 0.05) is 25.0 Å². The number of nitrogens with one attached hydrogen (secondary N) is 1. The van der Waals surface area contributed by atoms with Crippen LogP contribution in [-0.4, -0.2) is 55.2 Å². The summed E-state index contributed by atoms with van der Waals surface area (Å²) >= 11 is 0. The van der Waals surface area contributed by atoms with Crippen LogP contribution >= 0.6 is 24.8 Å². The van der Waals surface area contributed by atoms with E-state index in [9.17, 15) is 4.79 Å². The normalized spacial score (nSPS) is 27.6. The topological polar surface area (TPSA) is 67.6 Å². The molecule has 0 aromatic heterocycles. The molecule has 1 aliphatic carbocycles. The maximum Gasteiger partial charge on any atom is 0.240 e. The molecule has 5 nitrogen and oxygen atoms in total. The Morgan fingerprint density at radius 1 is 1.15 bits per heavy atom. The van der Waals surface area contributed by atoms with Gasteiger partial charge in [-0.15, -0.1) is 24.8 Å². The van der Waals surface area contributed by atoms with Crippen LogP contribution in [0.25, 0.3) is 0 Å². The molecule has 2 unspecified atom stereocenters. The third-order valence-electron chi connectivity index (χ3n) is 6.12. The first-order valence-electron chi connectivity index (χ1n) is 9.83. The Kier molecular flexibility index (Phi) is 11.7. The van der Waals surface area contributed by atoms with E-state index >= 15 is 0 Å². The summed E-state index contributed by atoms with van der Waals surface area (Å²) in [5, 5.41) is 3.05. The van der Waals surface area contributed by atoms with Gasteiger partial charge in [-0.3, -0.25) is 4.79 Å². The Morgan fingerprint density at radius 2 is 1.81 bits per heavy atom. The molecule has 3 N–H and O–H groups in total. The molecular formula is C19H39Cl2N3O2. The predicted octanol–water partition coefficient (Wildman–Crippen LogP) is 3.13. The van der Waals surface area contributed by atoms with Crippen LogP contribution in [0.5, 0.6) is 0 Å². The molecule has 1 aliphatic heterocycles. The average molecular weight is 412 g/mol. The molecule has 0 aromatic rings. The molecule has 0 spiro atoms. The predicted molar refractivity (Wildman–Crippen MR) is 112 cm³/mol. The first-order chi connectivity index (χ1) is 11.4. The van der Waals surface area contributed by atoms with E-state index in [0.29, 0.717) is 13.0 Å². The van der Waals surface area contributed by atoms with Crippen molar-refractivity contribution >= 4 is 30.7 Å². The van der Waals surface area contributed by atoms with E-state index in [1.807, 2.05) is 20.8 Å². The summed E-state index contributed by atoms with van der Waals surface area (Å²) in [6.45, 7) is 11.2. The van der Waals surface area contributed by atoms with Crippen LogP contribution in [0.4, 0.5) is 0 Å². The fraction of sp³-hybridized carbons (Fsp3) is 0.947. The van der Waals surface area contributed by atoms with E-state index in [-0.39, 0.29) is 42.2 Å². The lowest BCUT2D eigenvalue weighted by Gasteiger charge is -2.57. The lowest BCUT2D eigenvalue weighted by atomic mass is 9.54. The number of rotatable bonds is 9. The van der Waals surface area contributed by atoms with Gasteiger partial charge in [-0.2, -0.15) is 0 Å². The highest BCUT2D eigenvalue weighted by atomic mass is 35.5. The summed E-state index contributed by atoms with van der Waals surface area (Å²) < 4.78 is 5.69. The van der Waals surface area contributed by atoms with Gasteiger partial charge in [-0.05, 0) is 52.2 Å². The van der Waals surface area contributed by atoms with Gasteiger partial charge in [-0.1, -0.05) is 26.7 Å². The van der Waals surface area contributed by atoms with Crippen LogP contribution in [0.1, 0.15) is 65.7 Å². The smallest absolute Gasteiger partial charge is 0.240 e. The molecule has 1 saturated heterocycles. The second-order valence-electron chi connectivity index (χ2n) is 8.06. The molecule has 0 bridgehead atoms. The van der Waals surface area contributed by atoms with Crippen molar-refractivity contribution in [3.05, 3.63) is 0 Å². The number of piperidine rings is 1. The molecule has 0 radical (unpaired) electrons. The highest BCUT2D eigenvalue weighted by molar-refractivity contribution is 5.88. The number of hydrogen-bond donors (Lipinski definition) is 2. The minimum atomic E-state index is -0.791. The van der Waals surface area contributed by atoms with Crippen molar-refractivity contribution in [2.45, 2.75) is 77.4 Å². The van der Waals surface area contributed by atoms with E-state index in [0.717, 1.165) is 13.0 Å². The second kappa shape index (κ2) is 11.7. The van der Waals surface area contributed by atoms with Crippen LogP contribution in [0.2, 0.25) is 0 Å². The Hall–Kier alpha value is -0.0700. The molecule has 2 atom stereocenters. The van der Waals surface area contributed by atoms with Crippen molar-refractivity contribution in [1.29, 1.82) is 0 Å². The van der Waals surface area contributed by atoms with Crippen molar-refractivity contribution in [3.63, 3.8) is 0 Å². The SMILES string of the molecule is CCOC1CC(N)(C(=O)NCCCCCN2CCCCC2)C1(C)C.Cl.Cl. The summed E-state index contributed by atoms with van der Waals surface area (Å²) in [5.74, 6) is -0.0144. The minimum absolute atomic E-state index is 0. The third-order valence-corrected chi connectivity index (χ3v) is 6.12. The van der Waals surface area contributed by atoms with Gasteiger partial charge in [0.25, 0.3) is 0 Å². The summed E-state index contributed by atoms with van der Waals surface area (Å²) in [4.78, 5) is 15.1. The highest BCUT2D eigenvalue weighted by Crippen LogP contribution is 2.49. The first kappa shape index (κ1) is 25.9. The number of hydrogen-bond acceptors (Lipinski definition) is 4. The van der Waals surface area contributed by atoms with E-state index in [4.69, 9.17) is 10.5 Å². The third kappa shape index (κ3) is 5.96. The average Bonchev–Trinajstić information content (AvgIpc) is 2.58. The molecule has 1 amide bonds. The van der Waals surface area contributed by atoms with Gasteiger partial charge < -0.3 is 20.7 Å². The molecule has 2 rings (SSSR count). The van der Waals surface area contributed by atoms with Crippen LogP contribution in [0.15, 0.2) is 0 Å². The van der Waals surface area contributed by atoms with Crippen LogP contribution in [-0.2, 0) is 9.53 Å². The monoisotopic (exact) mass is 411 g/mol. The summed E-state index contributed by atoms with van der Waals surface area (Å²) in [7, 11) is 0. The highest BCUT2D eigenvalue weighted by Gasteiger charge is 2.62. The van der Waals surface area contributed by atoms with Crippen molar-refractivity contribution < 1.29 is 9.53 Å².